The molecule has 0 fully saturated rings. The van der Waals surface area contributed by atoms with E-state index in [2.05, 4.69) is 31.2 Å². The van der Waals surface area contributed by atoms with Crippen LogP contribution in [0.4, 0.5) is 0 Å². The molecule has 0 bridgehead atoms. The smallest absolute Gasteiger partial charge is 0.267 e. The van der Waals surface area contributed by atoms with E-state index < -0.39 is 0 Å². The normalized spacial score (nSPS) is 12.8. The highest BCUT2D eigenvalue weighted by Crippen LogP contribution is 2.00. The summed E-state index contributed by atoms with van der Waals surface area (Å²) in [6, 6.07) is 3.47. The van der Waals surface area contributed by atoms with Crippen molar-refractivity contribution in [1.82, 2.24) is 15.1 Å². The highest BCUT2D eigenvalue weighted by atomic mass is 16.5. The number of nitrogens with one attached hydrogen (secondary N) is 1. The second kappa shape index (κ2) is 6.39. The molecule has 1 heterocycles. The Morgan fingerprint density at radius 2 is 2.12 bits per heavy atom. The molecule has 1 N–H and O–H groups in total. The first-order valence-electron chi connectivity index (χ1n) is 5.90. The van der Waals surface area contributed by atoms with Crippen LogP contribution in [0.5, 0.6) is 5.88 Å². The van der Waals surface area contributed by atoms with Gasteiger partial charge in [-0.3, -0.25) is 4.79 Å². The Kier molecular flexibility index (Phi) is 5.15. The van der Waals surface area contributed by atoms with Crippen molar-refractivity contribution in [3.05, 3.63) is 22.5 Å². The molecule has 0 saturated carbocycles. The number of hydrogen-bond acceptors (Lipinski definition) is 4. The summed E-state index contributed by atoms with van der Waals surface area (Å²) in [5.74, 6) is 1.03. The number of ether oxygens (including phenoxy) is 1. The van der Waals surface area contributed by atoms with E-state index in [4.69, 9.17) is 4.74 Å². The lowest BCUT2D eigenvalue weighted by Gasteiger charge is -2.17. The molecule has 1 aromatic heterocycles. The number of methoxy groups -OCH3 is 1. The van der Waals surface area contributed by atoms with Crippen LogP contribution in [0.2, 0.25) is 0 Å². The van der Waals surface area contributed by atoms with Gasteiger partial charge in [-0.1, -0.05) is 13.8 Å². The number of aromatic nitrogens is 2. The van der Waals surface area contributed by atoms with E-state index in [1.54, 1.807) is 6.07 Å². The Bertz CT molecular complexity index is 401. The van der Waals surface area contributed by atoms with E-state index in [1.807, 2.05) is 0 Å². The first kappa shape index (κ1) is 13.7. The van der Waals surface area contributed by atoms with Gasteiger partial charge in [0, 0.05) is 24.7 Å². The number of nitrogens with zero attached hydrogens (tertiary/aromatic N) is 2. The van der Waals surface area contributed by atoms with Crippen LogP contribution in [-0.2, 0) is 6.54 Å². The highest BCUT2D eigenvalue weighted by molar-refractivity contribution is 5.05. The third kappa shape index (κ3) is 4.19. The van der Waals surface area contributed by atoms with E-state index in [-0.39, 0.29) is 5.56 Å². The van der Waals surface area contributed by atoms with Crippen molar-refractivity contribution in [3.8, 4) is 5.88 Å². The maximum Gasteiger partial charge on any atom is 0.267 e. The third-order valence-corrected chi connectivity index (χ3v) is 2.84. The van der Waals surface area contributed by atoms with Crippen molar-refractivity contribution in [2.45, 2.75) is 33.4 Å². The predicted molar refractivity (Wildman–Crippen MR) is 67.4 cm³/mol. The molecule has 1 aromatic rings. The van der Waals surface area contributed by atoms with Crippen LogP contribution in [0.25, 0.3) is 0 Å². The second-order valence-corrected chi connectivity index (χ2v) is 4.42. The van der Waals surface area contributed by atoms with Gasteiger partial charge in [0.1, 0.15) is 0 Å². The van der Waals surface area contributed by atoms with Gasteiger partial charge in [0.2, 0.25) is 5.88 Å². The molecule has 0 spiro atoms. The van der Waals surface area contributed by atoms with Gasteiger partial charge in [0.05, 0.1) is 13.7 Å². The van der Waals surface area contributed by atoms with Crippen molar-refractivity contribution >= 4 is 0 Å². The first-order valence-corrected chi connectivity index (χ1v) is 5.90. The molecule has 17 heavy (non-hydrogen) atoms. The Balaban J connectivity index is 2.54. The molecule has 5 nitrogen and oxygen atoms in total. The van der Waals surface area contributed by atoms with E-state index in [0.717, 1.165) is 6.54 Å². The fourth-order valence-electron chi connectivity index (χ4n) is 1.33. The Hall–Kier alpha value is -1.36. The minimum Gasteiger partial charge on any atom is -0.480 e. The summed E-state index contributed by atoms with van der Waals surface area (Å²) in [5, 5.41) is 7.43. The summed E-state index contributed by atoms with van der Waals surface area (Å²) in [7, 11) is 1.54. The molecular weight excluding hydrogens is 218 g/mol. The van der Waals surface area contributed by atoms with E-state index in [9.17, 15) is 4.79 Å². The molecule has 96 valence electrons. The zero-order valence-electron chi connectivity index (χ0n) is 10.9. The summed E-state index contributed by atoms with van der Waals surface area (Å²) >= 11 is 0. The van der Waals surface area contributed by atoms with Gasteiger partial charge in [-0.15, -0.1) is 5.10 Å². The van der Waals surface area contributed by atoms with Crippen molar-refractivity contribution in [2.75, 3.05) is 13.7 Å². The quantitative estimate of drug-likeness (QED) is 0.801. The standard InChI is InChI=1S/C12H21N3O2/c1-9(2)10(3)13-7-8-15-12(16)6-5-11(14-15)17-4/h5-6,9-10,13H,7-8H2,1-4H3. The molecule has 0 amide bonds. The minimum absolute atomic E-state index is 0.107. The van der Waals surface area contributed by atoms with Crippen molar-refractivity contribution in [3.63, 3.8) is 0 Å². The van der Waals surface area contributed by atoms with Crippen LogP contribution in [-0.4, -0.2) is 29.5 Å². The monoisotopic (exact) mass is 239 g/mol. The fraction of sp³-hybridized carbons (Fsp3) is 0.667. The lowest BCUT2D eigenvalue weighted by atomic mass is 10.1. The van der Waals surface area contributed by atoms with Crippen LogP contribution in [0.15, 0.2) is 16.9 Å². The molecule has 0 aromatic carbocycles. The van der Waals surface area contributed by atoms with Gasteiger partial charge >= 0.3 is 0 Å². The zero-order chi connectivity index (χ0) is 12.8. The van der Waals surface area contributed by atoms with Crippen molar-refractivity contribution in [2.24, 2.45) is 5.92 Å². The van der Waals surface area contributed by atoms with Gasteiger partial charge in [-0.05, 0) is 12.8 Å². The van der Waals surface area contributed by atoms with Gasteiger partial charge < -0.3 is 10.1 Å². The summed E-state index contributed by atoms with van der Waals surface area (Å²) in [6.07, 6.45) is 0. The number of hydrogen-bond donors (Lipinski definition) is 1. The van der Waals surface area contributed by atoms with E-state index in [0.29, 0.717) is 24.4 Å². The SMILES string of the molecule is COc1ccc(=O)n(CCNC(C)C(C)C)n1. The molecule has 5 heteroatoms. The summed E-state index contributed by atoms with van der Waals surface area (Å²) in [6.45, 7) is 7.72. The lowest BCUT2D eigenvalue weighted by molar-refractivity contribution is 0.366. The van der Waals surface area contributed by atoms with E-state index in [1.165, 1.54) is 17.9 Å². The summed E-state index contributed by atoms with van der Waals surface area (Å²) < 4.78 is 6.40. The van der Waals surface area contributed by atoms with Gasteiger partial charge in [0.15, 0.2) is 0 Å². The molecule has 0 aliphatic heterocycles. The van der Waals surface area contributed by atoms with E-state index >= 15 is 0 Å². The topological polar surface area (TPSA) is 56.1 Å². The van der Waals surface area contributed by atoms with Crippen LogP contribution in [0.3, 0.4) is 0 Å². The summed E-state index contributed by atoms with van der Waals surface area (Å²) in [5.41, 5.74) is -0.107. The van der Waals surface area contributed by atoms with Crippen LogP contribution in [0.1, 0.15) is 20.8 Å². The number of rotatable bonds is 6. The molecule has 1 rings (SSSR count). The molecule has 0 radical (unpaired) electrons. The Morgan fingerprint density at radius 3 is 2.71 bits per heavy atom. The molecule has 1 unspecified atom stereocenters. The largest absolute Gasteiger partial charge is 0.480 e. The summed E-state index contributed by atoms with van der Waals surface area (Å²) in [4.78, 5) is 11.5. The fourth-order valence-corrected chi connectivity index (χ4v) is 1.33. The second-order valence-electron chi connectivity index (χ2n) is 4.42. The highest BCUT2D eigenvalue weighted by Gasteiger charge is 2.06. The van der Waals surface area contributed by atoms with Gasteiger partial charge in [0.25, 0.3) is 5.56 Å². The maximum absolute atomic E-state index is 11.5. The molecule has 0 aliphatic carbocycles. The zero-order valence-corrected chi connectivity index (χ0v) is 10.9. The van der Waals surface area contributed by atoms with Crippen molar-refractivity contribution in [1.29, 1.82) is 0 Å². The van der Waals surface area contributed by atoms with Crippen LogP contribution < -0.4 is 15.6 Å². The Labute approximate surface area is 102 Å². The maximum atomic E-state index is 11.5. The van der Waals surface area contributed by atoms with Gasteiger partial charge in [-0.25, -0.2) is 4.68 Å². The Morgan fingerprint density at radius 1 is 1.41 bits per heavy atom. The molecular formula is C12H21N3O2. The molecule has 0 saturated heterocycles. The van der Waals surface area contributed by atoms with Crippen molar-refractivity contribution < 1.29 is 4.74 Å². The lowest BCUT2D eigenvalue weighted by Crippen LogP contribution is -2.35. The third-order valence-electron chi connectivity index (χ3n) is 2.84. The van der Waals surface area contributed by atoms with Crippen LogP contribution >= 0.6 is 0 Å². The average molecular weight is 239 g/mol. The molecule has 0 aliphatic rings. The van der Waals surface area contributed by atoms with Gasteiger partial charge in [-0.2, -0.15) is 0 Å². The molecule has 1 atom stereocenters. The average Bonchev–Trinajstić information content (AvgIpc) is 2.31. The minimum atomic E-state index is -0.107. The van der Waals surface area contributed by atoms with Crippen LogP contribution in [0, 0.1) is 5.92 Å². The first-order chi connectivity index (χ1) is 8.04. The predicted octanol–water partition coefficient (Wildman–Crippen LogP) is 0.886.